The molecular weight excluding hydrogens is 488 g/mol. The molecule has 39 heavy (non-hydrogen) atoms. The van der Waals surface area contributed by atoms with Crippen LogP contribution in [0.2, 0.25) is 0 Å². The lowest BCUT2D eigenvalue weighted by Crippen LogP contribution is -2.48. The van der Waals surface area contributed by atoms with Crippen LogP contribution in [0, 0.1) is 0 Å². The minimum atomic E-state index is -0.775. The molecule has 1 unspecified atom stereocenters. The molecule has 0 spiro atoms. The molecule has 1 atom stereocenters. The van der Waals surface area contributed by atoms with E-state index in [0.717, 1.165) is 29.3 Å². The third-order valence-corrected chi connectivity index (χ3v) is 6.42. The minimum Gasteiger partial charge on any atom is -0.354 e. The van der Waals surface area contributed by atoms with Gasteiger partial charge in [0.25, 0.3) is 11.8 Å². The summed E-state index contributed by atoms with van der Waals surface area (Å²) >= 11 is 0. The van der Waals surface area contributed by atoms with Crippen LogP contribution >= 0.6 is 0 Å². The molecule has 3 N–H and O–H groups in total. The van der Waals surface area contributed by atoms with E-state index in [-0.39, 0.29) is 17.4 Å². The van der Waals surface area contributed by atoms with Crippen LogP contribution in [0.1, 0.15) is 32.7 Å². The topological polar surface area (TPSA) is 90.5 Å². The Bertz CT molecular complexity index is 1440. The number of nitrogens with zero attached hydrogens (tertiary/aromatic N) is 1. The number of para-hydroxylation sites is 1. The molecule has 0 aromatic heterocycles. The molecule has 200 valence electrons. The summed E-state index contributed by atoms with van der Waals surface area (Å²) in [5, 5.41) is 10.7. The highest BCUT2D eigenvalue weighted by Crippen LogP contribution is 2.20. The maximum Gasteiger partial charge on any atom is 0.255 e. The third kappa shape index (κ3) is 7.75. The Morgan fingerprint density at radius 3 is 2.23 bits per heavy atom. The van der Waals surface area contributed by atoms with Crippen LogP contribution in [0.15, 0.2) is 97.1 Å². The van der Waals surface area contributed by atoms with Gasteiger partial charge in [0.15, 0.2) is 0 Å². The van der Waals surface area contributed by atoms with E-state index in [4.69, 9.17) is 0 Å². The largest absolute Gasteiger partial charge is 0.354 e. The number of carbonyl (C=O) groups is 3. The molecule has 4 aromatic carbocycles. The second-order valence-corrected chi connectivity index (χ2v) is 9.73. The number of nitrogens with one attached hydrogen (secondary N) is 3. The Labute approximate surface area is 229 Å². The van der Waals surface area contributed by atoms with Crippen molar-refractivity contribution in [2.45, 2.75) is 18.9 Å². The zero-order chi connectivity index (χ0) is 27.6. The van der Waals surface area contributed by atoms with Gasteiger partial charge in [0.2, 0.25) is 5.91 Å². The Kier molecular flexibility index (Phi) is 9.43. The maximum absolute atomic E-state index is 13.4. The number of benzene rings is 4. The lowest BCUT2D eigenvalue weighted by Gasteiger charge is -2.20. The third-order valence-electron chi connectivity index (χ3n) is 6.42. The van der Waals surface area contributed by atoms with Gasteiger partial charge in [-0.3, -0.25) is 14.4 Å². The lowest BCUT2D eigenvalue weighted by molar-refractivity contribution is -0.122. The van der Waals surface area contributed by atoms with Crippen LogP contribution < -0.4 is 16.0 Å². The summed E-state index contributed by atoms with van der Waals surface area (Å²) in [6.45, 7) is 1.36. The summed E-state index contributed by atoms with van der Waals surface area (Å²) in [5.41, 5.74) is 2.08. The summed E-state index contributed by atoms with van der Waals surface area (Å²) in [4.78, 5) is 41.7. The van der Waals surface area contributed by atoms with E-state index < -0.39 is 11.9 Å². The van der Waals surface area contributed by atoms with E-state index in [1.807, 2.05) is 80.8 Å². The molecule has 0 aliphatic heterocycles. The van der Waals surface area contributed by atoms with Crippen molar-refractivity contribution < 1.29 is 14.4 Å². The highest BCUT2D eigenvalue weighted by Gasteiger charge is 2.23. The van der Waals surface area contributed by atoms with Gasteiger partial charge < -0.3 is 20.9 Å². The van der Waals surface area contributed by atoms with Crippen LogP contribution in [-0.2, 0) is 11.2 Å². The highest BCUT2D eigenvalue weighted by molar-refractivity contribution is 6.10. The predicted octanol–water partition coefficient (Wildman–Crippen LogP) is 4.50. The van der Waals surface area contributed by atoms with Crippen molar-refractivity contribution >= 4 is 34.2 Å². The van der Waals surface area contributed by atoms with E-state index in [9.17, 15) is 14.4 Å². The molecule has 0 aliphatic carbocycles. The van der Waals surface area contributed by atoms with Gasteiger partial charge in [-0.2, -0.15) is 0 Å². The quantitative estimate of drug-likeness (QED) is 0.253. The van der Waals surface area contributed by atoms with Crippen LogP contribution in [0.4, 0.5) is 5.69 Å². The van der Waals surface area contributed by atoms with Crippen molar-refractivity contribution in [2.75, 3.05) is 32.5 Å². The Hall–Kier alpha value is -4.49. The van der Waals surface area contributed by atoms with Gasteiger partial charge in [-0.25, -0.2) is 0 Å². The number of anilines is 1. The fourth-order valence-electron chi connectivity index (χ4n) is 4.34. The molecule has 0 heterocycles. The van der Waals surface area contributed by atoms with Crippen molar-refractivity contribution in [2.24, 2.45) is 0 Å². The molecule has 7 nitrogen and oxygen atoms in total. The molecule has 0 aliphatic rings. The Balaban J connectivity index is 1.49. The van der Waals surface area contributed by atoms with Crippen molar-refractivity contribution in [3.05, 3.63) is 114 Å². The average molecular weight is 523 g/mol. The number of hydrogen-bond donors (Lipinski definition) is 3. The van der Waals surface area contributed by atoms with Crippen molar-refractivity contribution in [3.63, 3.8) is 0 Å². The van der Waals surface area contributed by atoms with Crippen LogP contribution in [0.3, 0.4) is 0 Å². The highest BCUT2D eigenvalue weighted by atomic mass is 16.2. The minimum absolute atomic E-state index is 0.247. The first-order valence-corrected chi connectivity index (χ1v) is 13.1. The molecule has 3 amide bonds. The standard InChI is InChI=1S/C32H34N4O3/c1-36(2)20-10-19-33-32(39)29(21-23-11-4-3-5-12-23)35-31(38)27-15-8-9-16-28(27)34-30(37)26-18-17-24-13-6-7-14-25(24)22-26/h3-9,11-18,22,29H,10,19-21H2,1-2H3,(H,33,39)(H,34,37)(H,35,38). The molecule has 0 fully saturated rings. The molecule has 0 saturated carbocycles. The molecule has 4 aromatic rings. The molecule has 0 saturated heterocycles. The van der Waals surface area contributed by atoms with Gasteiger partial charge in [-0.05, 0) is 67.7 Å². The van der Waals surface area contributed by atoms with Crippen molar-refractivity contribution in [3.8, 4) is 0 Å². The average Bonchev–Trinajstić information content (AvgIpc) is 2.95. The van der Waals surface area contributed by atoms with Crippen molar-refractivity contribution in [1.82, 2.24) is 15.5 Å². The summed E-state index contributed by atoms with van der Waals surface area (Å²) in [5.74, 6) is -1.00. The SMILES string of the molecule is CN(C)CCCNC(=O)C(Cc1ccccc1)NC(=O)c1ccccc1NC(=O)c1ccc2ccccc2c1. The number of fused-ring (bicyclic) bond motifs is 1. The van der Waals surface area contributed by atoms with Gasteiger partial charge >= 0.3 is 0 Å². The van der Waals surface area contributed by atoms with Gasteiger partial charge in [0.05, 0.1) is 11.3 Å². The van der Waals surface area contributed by atoms with Gasteiger partial charge in [-0.1, -0.05) is 72.8 Å². The fourth-order valence-corrected chi connectivity index (χ4v) is 4.34. The van der Waals surface area contributed by atoms with E-state index in [1.54, 1.807) is 30.3 Å². The Morgan fingerprint density at radius 2 is 1.46 bits per heavy atom. The zero-order valence-electron chi connectivity index (χ0n) is 22.3. The van der Waals surface area contributed by atoms with E-state index in [1.165, 1.54) is 0 Å². The second kappa shape index (κ2) is 13.3. The van der Waals surface area contributed by atoms with E-state index >= 15 is 0 Å². The van der Waals surface area contributed by atoms with Gasteiger partial charge in [0, 0.05) is 18.5 Å². The summed E-state index contributed by atoms with van der Waals surface area (Å²) < 4.78 is 0. The fraction of sp³-hybridized carbons (Fsp3) is 0.219. The summed E-state index contributed by atoms with van der Waals surface area (Å²) in [7, 11) is 3.97. The number of hydrogen-bond acceptors (Lipinski definition) is 4. The van der Waals surface area contributed by atoms with E-state index in [2.05, 4.69) is 20.9 Å². The molecule has 7 heteroatoms. The van der Waals surface area contributed by atoms with Crippen LogP contribution in [0.25, 0.3) is 10.8 Å². The number of carbonyl (C=O) groups excluding carboxylic acids is 3. The first-order valence-electron chi connectivity index (χ1n) is 13.1. The number of rotatable bonds is 11. The lowest BCUT2D eigenvalue weighted by atomic mass is 10.0. The molecule has 0 radical (unpaired) electrons. The van der Waals surface area contributed by atoms with Gasteiger partial charge in [-0.15, -0.1) is 0 Å². The Morgan fingerprint density at radius 1 is 0.769 bits per heavy atom. The molecular formula is C32H34N4O3. The molecule has 0 bridgehead atoms. The monoisotopic (exact) mass is 522 g/mol. The van der Waals surface area contributed by atoms with Gasteiger partial charge in [0.1, 0.15) is 6.04 Å². The van der Waals surface area contributed by atoms with Crippen LogP contribution in [0.5, 0.6) is 0 Å². The van der Waals surface area contributed by atoms with Crippen LogP contribution in [-0.4, -0.2) is 55.8 Å². The summed E-state index contributed by atoms with van der Waals surface area (Å²) in [6.07, 6.45) is 1.14. The first-order chi connectivity index (χ1) is 18.9. The second-order valence-electron chi connectivity index (χ2n) is 9.73. The zero-order valence-corrected chi connectivity index (χ0v) is 22.3. The first kappa shape index (κ1) is 27.5. The van der Waals surface area contributed by atoms with Crippen molar-refractivity contribution in [1.29, 1.82) is 0 Å². The molecule has 4 rings (SSSR count). The smallest absolute Gasteiger partial charge is 0.255 e. The maximum atomic E-state index is 13.4. The van der Waals surface area contributed by atoms with E-state index in [0.29, 0.717) is 24.2 Å². The normalized spacial score (nSPS) is 11.7. The number of amides is 3. The predicted molar refractivity (Wildman–Crippen MR) is 156 cm³/mol. The summed E-state index contributed by atoms with van der Waals surface area (Å²) in [6, 6.07) is 28.9.